The van der Waals surface area contributed by atoms with E-state index in [9.17, 15) is 4.79 Å². The predicted molar refractivity (Wildman–Crippen MR) is 82.3 cm³/mol. The van der Waals surface area contributed by atoms with Gasteiger partial charge in [-0.25, -0.2) is 0 Å². The Morgan fingerprint density at radius 3 is 1.84 bits per heavy atom. The van der Waals surface area contributed by atoms with Crippen LogP contribution in [0.2, 0.25) is 0 Å². The highest BCUT2D eigenvalue weighted by Crippen LogP contribution is 2.14. The summed E-state index contributed by atoms with van der Waals surface area (Å²) in [5, 5.41) is 0. The summed E-state index contributed by atoms with van der Waals surface area (Å²) in [5.74, 6) is 0.355. The van der Waals surface area contributed by atoms with Crippen LogP contribution in [0.4, 0.5) is 0 Å². The third-order valence-corrected chi connectivity index (χ3v) is 3.62. The molecule has 0 rings (SSSR count). The van der Waals surface area contributed by atoms with Crippen molar-refractivity contribution in [1.29, 1.82) is 0 Å². The van der Waals surface area contributed by atoms with Gasteiger partial charge in [-0.1, -0.05) is 78.1 Å². The van der Waals surface area contributed by atoms with Gasteiger partial charge in [0, 0.05) is 6.92 Å². The second-order valence-corrected chi connectivity index (χ2v) is 5.88. The molecule has 0 N–H and O–H groups in total. The van der Waals surface area contributed by atoms with Gasteiger partial charge in [0.25, 0.3) is 0 Å². The van der Waals surface area contributed by atoms with Gasteiger partial charge in [0.1, 0.15) is 0 Å². The summed E-state index contributed by atoms with van der Waals surface area (Å²) in [7, 11) is 0. The molecular weight excluding hydrogens is 236 g/mol. The Morgan fingerprint density at radius 1 is 0.895 bits per heavy atom. The van der Waals surface area contributed by atoms with Gasteiger partial charge in [-0.05, 0) is 12.3 Å². The fourth-order valence-electron chi connectivity index (χ4n) is 2.32. The highest BCUT2D eigenvalue weighted by molar-refractivity contribution is 5.65. The number of hydrogen-bond acceptors (Lipinski definition) is 2. The van der Waals surface area contributed by atoms with E-state index in [-0.39, 0.29) is 5.97 Å². The Hall–Kier alpha value is -0.530. The van der Waals surface area contributed by atoms with Crippen molar-refractivity contribution in [3.05, 3.63) is 0 Å². The fourth-order valence-corrected chi connectivity index (χ4v) is 2.32. The summed E-state index contributed by atoms with van der Waals surface area (Å²) in [6.45, 7) is 6.50. The number of ether oxygens (including phenoxy) is 1. The highest BCUT2D eigenvalue weighted by Gasteiger charge is 2.03. The number of rotatable bonds is 13. The SMILES string of the molecule is CCCCCCCCCCCCC(C)COC(C)=O. The average Bonchev–Trinajstić information content (AvgIpc) is 2.38. The van der Waals surface area contributed by atoms with Crippen LogP contribution in [0.25, 0.3) is 0 Å². The molecular formula is C17H34O2. The van der Waals surface area contributed by atoms with Gasteiger partial charge in [0.2, 0.25) is 0 Å². The van der Waals surface area contributed by atoms with Crippen molar-refractivity contribution in [2.24, 2.45) is 5.92 Å². The molecule has 0 aromatic rings. The van der Waals surface area contributed by atoms with Gasteiger partial charge >= 0.3 is 5.97 Å². The van der Waals surface area contributed by atoms with Crippen molar-refractivity contribution in [3.63, 3.8) is 0 Å². The molecule has 2 nitrogen and oxygen atoms in total. The zero-order valence-corrected chi connectivity index (χ0v) is 13.4. The van der Waals surface area contributed by atoms with Crippen LogP contribution in [0.5, 0.6) is 0 Å². The summed E-state index contributed by atoms with van der Waals surface area (Å²) < 4.78 is 5.01. The van der Waals surface area contributed by atoms with E-state index in [1.54, 1.807) is 0 Å². The van der Waals surface area contributed by atoms with E-state index in [1.165, 1.54) is 77.6 Å². The Labute approximate surface area is 120 Å². The second kappa shape index (κ2) is 13.9. The third kappa shape index (κ3) is 15.4. The molecule has 0 radical (unpaired) electrons. The second-order valence-electron chi connectivity index (χ2n) is 5.88. The number of hydrogen-bond donors (Lipinski definition) is 0. The van der Waals surface area contributed by atoms with Crippen LogP contribution in [0.15, 0.2) is 0 Å². The topological polar surface area (TPSA) is 26.3 Å². The third-order valence-electron chi connectivity index (χ3n) is 3.62. The van der Waals surface area contributed by atoms with Gasteiger partial charge in [0.05, 0.1) is 6.61 Å². The molecule has 0 saturated heterocycles. The molecule has 0 fully saturated rings. The smallest absolute Gasteiger partial charge is 0.302 e. The van der Waals surface area contributed by atoms with Crippen LogP contribution >= 0.6 is 0 Å². The quantitative estimate of drug-likeness (QED) is 0.326. The van der Waals surface area contributed by atoms with Crippen molar-refractivity contribution in [3.8, 4) is 0 Å². The molecule has 0 spiro atoms. The molecule has 0 amide bonds. The predicted octanol–water partition coefficient (Wildman–Crippen LogP) is 5.50. The van der Waals surface area contributed by atoms with Gasteiger partial charge in [-0.15, -0.1) is 0 Å². The van der Waals surface area contributed by atoms with Crippen LogP contribution in [0.3, 0.4) is 0 Å². The Bertz CT molecular complexity index is 201. The fraction of sp³-hybridized carbons (Fsp3) is 0.941. The monoisotopic (exact) mass is 270 g/mol. The summed E-state index contributed by atoms with van der Waals surface area (Å²) in [6.07, 6.45) is 15.0. The van der Waals surface area contributed by atoms with Crippen molar-refractivity contribution in [1.82, 2.24) is 0 Å². The number of esters is 1. The largest absolute Gasteiger partial charge is 0.466 e. The number of unbranched alkanes of at least 4 members (excludes halogenated alkanes) is 9. The van der Waals surface area contributed by atoms with E-state index < -0.39 is 0 Å². The molecule has 0 saturated carbocycles. The van der Waals surface area contributed by atoms with Crippen molar-refractivity contribution >= 4 is 5.97 Å². The molecule has 0 aromatic heterocycles. The summed E-state index contributed by atoms with van der Waals surface area (Å²) in [5.41, 5.74) is 0. The lowest BCUT2D eigenvalue weighted by Crippen LogP contribution is -2.09. The Balaban J connectivity index is 3.11. The molecule has 0 aliphatic heterocycles. The van der Waals surface area contributed by atoms with Crippen molar-refractivity contribution < 1.29 is 9.53 Å². The summed E-state index contributed by atoms with van der Waals surface area (Å²) in [6, 6.07) is 0. The summed E-state index contributed by atoms with van der Waals surface area (Å²) in [4.78, 5) is 10.7. The van der Waals surface area contributed by atoms with Gasteiger partial charge < -0.3 is 4.74 Å². The van der Waals surface area contributed by atoms with E-state index in [0.29, 0.717) is 12.5 Å². The first-order valence-corrected chi connectivity index (χ1v) is 8.30. The molecule has 0 bridgehead atoms. The van der Waals surface area contributed by atoms with Gasteiger partial charge in [-0.2, -0.15) is 0 Å². The normalized spacial score (nSPS) is 12.4. The standard InChI is InChI=1S/C17H34O2/c1-4-5-6-7-8-9-10-11-12-13-14-16(2)15-19-17(3)18/h16H,4-15H2,1-3H3. The van der Waals surface area contributed by atoms with Gasteiger partial charge in [0.15, 0.2) is 0 Å². The minimum Gasteiger partial charge on any atom is -0.466 e. The molecule has 0 aliphatic carbocycles. The molecule has 2 heteroatoms. The molecule has 19 heavy (non-hydrogen) atoms. The molecule has 1 unspecified atom stereocenters. The van der Waals surface area contributed by atoms with Crippen LogP contribution < -0.4 is 0 Å². The molecule has 0 aliphatic rings. The van der Waals surface area contributed by atoms with Crippen LogP contribution in [0, 0.1) is 5.92 Å². The van der Waals surface area contributed by atoms with E-state index in [2.05, 4.69) is 13.8 Å². The van der Waals surface area contributed by atoms with Gasteiger partial charge in [-0.3, -0.25) is 4.79 Å². The minimum atomic E-state index is -0.157. The first-order valence-electron chi connectivity index (χ1n) is 8.30. The van der Waals surface area contributed by atoms with Crippen LogP contribution in [-0.4, -0.2) is 12.6 Å². The van der Waals surface area contributed by atoms with Crippen molar-refractivity contribution in [2.45, 2.75) is 91.4 Å². The number of carbonyl (C=O) groups is 1. The maximum atomic E-state index is 10.7. The van der Waals surface area contributed by atoms with E-state index >= 15 is 0 Å². The first-order chi connectivity index (χ1) is 9.16. The van der Waals surface area contributed by atoms with E-state index in [0.717, 1.165) is 0 Å². The molecule has 0 heterocycles. The molecule has 0 aromatic carbocycles. The summed E-state index contributed by atoms with van der Waals surface area (Å²) >= 11 is 0. The number of carbonyl (C=O) groups excluding carboxylic acids is 1. The maximum Gasteiger partial charge on any atom is 0.302 e. The average molecular weight is 270 g/mol. The lowest BCUT2D eigenvalue weighted by atomic mass is 10.0. The highest BCUT2D eigenvalue weighted by atomic mass is 16.5. The van der Waals surface area contributed by atoms with E-state index in [1.807, 2.05) is 0 Å². The Morgan fingerprint density at radius 2 is 1.37 bits per heavy atom. The first kappa shape index (κ1) is 18.5. The molecule has 1 atom stereocenters. The molecule has 114 valence electrons. The Kier molecular flexibility index (Phi) is 13.5. The maximum absolute atomic E-state index is 10.7. The minimum absolute atomic E-state index is 0.157. The zero-order valence-electron chi connectivity index (χ0n) is 13.4. The lowest BCUT2D eigenvalue weighted by molar-refractivity contribution is -0.142. The van der Waals surface area contributed by atoms with Crippen LogP contribution in [0.1, 0.15) is 91.4 Å². The van der Waals surface area contributed by atoms with E-state index in [4.69, 9.17) is 4.74 Å². The van der Waals surface area contributed by atoms with Crippen molar-refractivity contribution in [2.75, 3.05) is 6.61 Å². The lowest BCUT2D eigenvalue weighted by Gasteiger charge is -2.10. The zero-order chi connectivity index (χ0) is 14.3. The van der Waals surface area contributed by atoms with Crippen LogP contribution in [-0.2, 0) is 9.53 Å².